The number of benzene rings is 1. The van der Waals surface area contributed by atoms with Crippen LogP contribution in [0.15, 0.2) is 12.1 Å². The molecule has 0 amide bonds. The minimum absolute atomic E-state index is 0.0489. The van der Waals surface area contributed by atoms with Gasteiger partial charge < -0.3 is 28.4 Å². The molecular weight excluding hydrogens is 352 g/mol. The van der Waals surface area contributed by atoms with Crippen LogP contribution in [0.4, 0.5) is 0 Å². The maximum atomic E-state index is 12.8. The maximum Gasteiger partial charge on any atom is 0.312 e. The highest BCUT2D eigenvalue weighted by molar-refractivity contribution is 5.76. The van der Waals surface area contributed by atoms with E-state index in [1.165, 1.54) is 0 Å². The Morgan fingerprint density at radius 1 is 1.22 bits per heavy atom. The quantitative estimate of drug-likeness (QED) is 0.736. The highest BCUT2D eigenvalue weighted by Crippen LogP contribution is 2.68. The van der Waals surface area contributed by atoms with Crippen molar-refractivity contribution in [3.05, 3.63) is 23.3 Å². The Morgan fingerprint density at radius 2 is 2.00 bits per heavy atom. The van der Waals surface area contributed by atoms with E-state index in [2.05, 4.69) is 0 Å². The summed E-state index contributed by atoms with van der Waals surface area (Å²) in [5.74, 6) is 0.382. The van der Waals surface area contributed by atoms with Crippen LogP contribution < -0.4 is 9.47 Å². The van der Waals surface area contributed by atoms with Gasteiger partial charge in [0.05, 0.1) is 31.8 Å². The average molecular weight is 374 g/mol. The van der Waals surface area contributed by atoms with Crippen molar-refractivity contribution in [2.24, 2.45) is 11.8 Å². The second-order valence-electron chi connectivity index (χ2n) is 7.93. The highest BCUT2D eigenvalue weighted by Gasteiger charge is 2.69. The highest BCUT2D eigenvalue weighted by atomic mass is 16.7. The molecule has 1 aliphatic carbocycles. The molecule has 4 atom stereocenters. The molecule has 2 saturated heterocycles. The molecule has 0 radical (unpaired) electrons. The second-order valence-corrected chi connectivity index (χ2v) is 7.93. The van der Waals surface area contributed by atoms with Crippen LogP contribution in [0.2, 0.25) is 0 Å². The Balaban J connectivity index is 1.49. The van der Waals surface area contributed by atoms with E-state index in [0.717, 1.165) is 29.7 Å². The molecule has 7 heteroatoms. The van der Waals surface area contributed by atoms with Gasteiger partial charge in [-0.25, -0.2) is 0 Å². The van der Waals surface area contributed by atoms with Gasteiger partial charge >= 0.3 is 5.97 Å². The molecule has 2 bridgehead atoms. The molecule has 144 valence electrons. The minimum atomic E-state index is -0.622. The summed E-state index contributed by atoms with van der Waals surface area (Å²) in [6.45, 7) is 3.62. The average Bonchev–Trinajstić information content (AvgIpc) is 3.41. The summed E-state index contributed by atoms with van der Waals surface area (Å²) in [6, 6.07) is 4.00. The molecule has 2 spiro atoms. The van der Waals surface area contributed by atoms with Gasteiger partial charge in [0.15, 0.2) is 17.3 Å². The predicted molar refractivity (Wildman–Crippen MR) is 90.2 cm³/mol. The molecule has 1 aromatic carbocycles. The van der Waals surface area contributed by atoms with Crippen molar-refractivity contribution in [2.45, 2.75) is 43.7 Å². The Kier molecular flexibility index (Phi) is 3.21. The number of hydrogen-bond donors (Lipinski definition) is 0. The van der Waals surface area contributed by atoms with E-state index in [4.69, 9.17) is 28.4 Å². The third-order valence-corrected chi connectivity index (χ3v) is 6.74. The Morgan fingerprint density at radius 3 is 2.78 bits per heavy atom. The normalized spacial score (nSPS) is 36.7. The summed E-state index contributed by atoms with van der Waals surface area (Å²) in [5.41, 5.74) is 1.48. The monoisotopic (exact) mass is 374 g/mol. The second kappa shape index (κ2) is 5.37. The first-order valence-corrected chi connectivity index (χ1v) is 9.72. The predicted octanol–water partition coefficient (Wildman–Crippen LogP) is 2.42. The van der Waals surface area contributed by atoms with E-state index in [-0.39, 0.29) is 30.7 Å². The van der Waals surface area contributed by atoms with Crippen molar-refractivity contribution in [3.8, 4) is 11.5 Å². The van der Waals surface area contributed by atoms with Crippen LogP contribution in [-0.4, -0.2) is 38.4 Å². The third-order valence-electron chi connectivity index (χ3n) is 6.74. The molecule has 3 fully saturated rings. The summed E-state index contributed by atoms with van der Waals surface area (Å²) in [5, 5.41) is 0. The van der Waals surface area contributed by atoms with E-state index >= 15 is 0 Å². The van der Waals surface area contributed by atoms with E-state index < -0.39 is 11.4 Å². The Hall–Kier alpha value is -1.83. The molecule has 7 nitrogen and oxygen atoms in total. The molecule has 5 aliphatic rings. The van der Waals surface area contributed by atoms with E-state index in [1.54, 1.807) is 0 Å². The lowest BCUT2D eigenvalue weighted by molar-refractivity contribution is -0.231. The van der Waals surface area contributed by atoms with Gasteiger partial charge in [0, 0.05) is 18.8 Å². The molecule has 0 N–H and O–H groups in total. The van der Waals surface area contributed by atoms with Crippen LogP contribution in [-0.2, 0) is 29.3 Å². The number of ether oxygens (including phenoxy) is 6. The van der Waals surface area contributed by atoms with Crippen molar-refractivity contribution in [2.75, 3.05) is 26.6 Å². The van der Waals surface area contributed by atoms with E-state index in [1.807, 2.05) is 19.1 Å². The molecule has 6 rings (SSSR count). The van der Waals surface area contributed by atoms with Crippen LogP contribution in [0, 0.1) is 11.8 Å². The van der Waals surface area contributed by atoms with Crippen molar-refractivity contribution >= 4 is 5.97 Å². The third kappa shape index (κ3) is 1.99. The first kappa shape index (κ1) is 16.2. The minimum Gasteiger partial charge on any atom is -0.466 e. The van der Waals surface area contributed by atoms with Gasteiger partial charge in [0.25, 0.3) is 0 Å². The smallest absolute Gasteiger partial charge is 0.312 e. The van der Waals surface area contributed by atoms with Gasteiger partial charge in [-0.2, -0.15) is 0 Å². The molecule has 1 saturated carbocycles. The number of esters is 1. The first-order chi connectivity index (χ1) is 13.2. The molecule has 0 unspecified atom stereocenters. The van der Waals surface area contributed by atoms with Crippen molar-refractivity contribution < 1.29 is 33.2 Å². The molecule has 1 aromatic rings. The molecular formula is C20H22O7. The topological polar surface area (TPSA) is 72.5 Å². The maximum absolute atomic E-state index is 12.8. The van der Waals surface area contributed by atoms with Crippen LogP contribution in [0.25, 0.3) is 0 Å². The van der Waals surface area contributed by atoms with Crippen LogP contribution >= 0.6 is 0 Å². The fraction of sp³-hybridized carbons (Fsp3) is 0.650. The van der Waals surface area contributed by atoms with Crippen molar-refractivity contribution in [1.82, 2.24) is 0 Å². The molecule has 4 heterocycles. The lowest BCUT2D eigenvalue weighted by atomic mass is 9.61. The van der Waals surface area contributed by atoms with Gasteiger partial charge in [-0.3, -0.25) is 4.79 Å². The fourth-order valence-electron chi connectivity index (χ4n) is 5.78. The fourth-order valence-corrected chi connectivity index (χ4v) is 5.78. The first-order valence-electron chi connectivity index (χ1n) is 9.72. The lowest BCUT2D eigenvalue weighted by Crippen LogP contribution is -2.50. The standard InChI is InChI=1S/C20H22O7/c1-2-22-18(21)16-12-3-4-19(25-5-6-26-19)9-20(12)13-8-15-14(23-10-24-15)7-11(13)17(16)27-20/h7-8,12,16-17H,2-6,9-10H2,1H3/t12-,16-,17+,20-/m1/s1. The summed E-state index contributed by atoms with van der Waals surface area (Å²) in [6.07, 6.45) is 1.83. The lowest BCUT2D eigenvalue weighted by Gasteiger charge is -2.46. The molecule has 4 aliphatic heterocycles. The number of rotatable bonds is 2. The van der Waals surface area contributed by atoms with Crippen LogP contribution in [0.1, 0.15) is 43.4 Å². The van der Waals surface area contributed by atoms with E-state index in [9.17, 15) is 4.79 Å². The SMILES string of the molecule is CCOC(=O)[C@@H]1[C@H]2CCC3(C[C@@]24O[C@H]1c1cc2c(cc14)OCO2)OCCO3. The summed E-state index contributed by atoms with van der Waals surface area (Å²) < 4.78 is 35.2. The van der Waals surface area contributed by atoms with Gasteiger partial charge in [-0.15, -0.1) is 0 Å². The van der Waals surface area contributed by atoms with Gasteiger partial charge in [0.1, 0.15) is 5.60 Å². The zero-order valence-corrected chi connectivity index (χ0v) is 15.2. The number of fused-ring (bicyclic) bond motifs is 4. The van der Waals surface area contributed by atoms with Crippen LogP contribution in [0.3, 0.4) is 0 Å². The summed E-state index contributed by atoms with van der Waals surface area (Å²) in [4.78, 5) is 12.8. The van der Waals surface area contributed by atoms with E-state index in [0.29, 0.717) is 32.0 Å². The van der Waals surface area contributed by atoms with Crippen molar-refractivity contribution in [3.63, 3.8) is 0 Å². The van der Waals surface area contributed by atoms with Crippen LogP contribution in [0.5, 0.6) is 11.5 Å². The Bertz CT molecular complexity index is 815. The zero-order chi connectivity index (χ0) is 18.2. The Labute approximate surface area is 156 Å². The molecule has 0 aromatic heterocycles. The van der Waals surface area contributed by atoms with Gasteiger partial charge in [-0.05, 0) is 36.6 Å². The summed E-state index contributed by atoms with van der Waals surface area (Å²) in [7, 11) is 0. The zero-order valence-electron chi connectivity index (χ0n) is 15.2. The summed E-state index contributed by atoms with van der Waals surface area (Å²) >= 11 is 0. The number of carbonyl (C=O) groups is 1. The van der Waals surface area contributed by atoms with Gasteiger partial charge in [0.2, 0.25) is 6.79 Å². The van der Waals surface area contributed by atoms with Crippen molar-refractivity contribution in [1.29, 1.82) is 0 Å². The van der Waals surface area contributed by atoms with Gasteiger partial charge in [-0.1, -0.05) is 0 Å². The largest absolute Gasteiger partial charge is 0.466 e. The number of carbonyl (C=O) groups excluding carboxylic acids is 1. The molecule has 27 heavy (non-hydrogen) atoms. The number of hydrogen-bond acceptors (Lipinski definition) is 7.